The van der Waals surface area contributed by atoms with E-state index >= 15 is 0 Å². The molecule has 1 aliphatic rings. The smallest absolute Gasteiger partial charge is 0.280 e. The van der Waals surface area contributed by atoms with E-state index in [1.54, 1.807) is 4.57 Å². The maximum absolute atomic E-state index is 11.6. The van der Waals surface area contributed by atoms with Crippen molar-refractivity contribution in [1.82, 2.24) is 19.5 Å². The molecule has 1 saturated heterocycles. The molecule has 94 valence electrons. The highest BCUT2D eigenvalue weighted by molar-refractivity contribution is 5.70. The van der Waals surface area contributed by atoms with Gasteiger partial charge in [-0.25, -0.2) is 4.98 Å². The van der Waals surface area contributed by atoms with Gasteiger partial charge < -0.3 is 15.6 Å². The molecule has 0 aliphatic carbocycles. The molecule has 2 aromatic heterocycles. The van der Waals surface area contributed by atoms with E-state index in [-0.39, 0.29) is 11.5 Å². The summed E-state index contributed by atoms with van der Waals surface area (Å²) in [7, 11) is 0. The molecule has 1 unspecified atom stereocenters. The van der Waals surface area contributed by atoms with Gasteiger partial charge in [0.2, 0.25) is 5.95 Å². The monoisotopic (exact) mass is 249 g/mol. The Morgan fingerprint density at radius 1 is 1.67 bits per heavy atom. The number of rotatable bonds is 1. The van der Waals surface area contributed by atoms with Crippen LogP contribution in [-0.4, -0.2) is 30.7 Å². The third kappa shape index (κ3) is 1.46. The normalized spacial score (nSPS) is 23.5. The number of aromatic amines is 1. The second-order valence-corrected chi connectivity index (χ2v) is 4.07. The van der Waals surface area contributed by atoms with Crippen molar-refractivity contribution in [2.45, 2.75) is 18.8 Å². The Labute approximate surface area is 101 Å². The molecule has 3 rings (SSSR count). The van der Waals surface area contributed by atoms with Crippen molar-refractivity contribution in [2.24, 2.45) is 0 Å². The van der Waals surface area contributed by atoms with Gasteiger partial charge in [-0.2, -0.15) is 4.98 Å². The average Bonchev–Trinajstić information content (AvgIpc) is 2.83. The van der Waals surface area contributed by atoms with Crippen molar-refractivity contribution >= 4 is 17.1 Å². The number of nitrogens with two attached hydrogens (primary N) is 1. The Hall–Kier alpha value is -2.35. The molecule has 8 nitrogen and oxygen atoms in total. The van der Waals surface area contributed by atoms with Crippen LogP contribution in [0.4, 0.5) is 5.95 Å². The summed E-state index contributed by atoms with van der Waals surface area (Å²) in [6, 6.07) is 0. The molecular weight excluding hydrogens is 238 g/mol. The fraction of sp³-hybridized carbons (Fsp3) is 0.300. The molecule has 4 N–H and O–H groups in total. The minimum Gasteiger partial charge on any atom is -0.472 e. The van der Waals surface area contributed by atoms with Gasteiger partial charge >= 0.3 is 0 Å². The maximum Gasteiger partial charge on any atom is 0.280 e. The first-order valence-electron chi connectivity index (χ1n) is 5.32. The van der Waals surface area contributed by atoms with Crippen molar-refractivity contribution in [3.8, 4) is 0 Å². The standard InChI is InChI=1S/C10H11N5O3/c1-4-5(16)2-6(18-4)15-3-12-7-8(15)13-10(11)14-9(7)17/h3,5-6,16H,1-2H2,(H3,11,13,14,17)/t5?,6-/m1/s1. The molecule has 8 heteroatoms. The number of aromatic nitrogens is 4. The maximum atomic E-state index is 11.6. The molecule has 3 heterocycles. The first kappa shape index (κ1) is 10.8. The number of hydrogen-bond acceptors (Lipinski definition) is 6. The van der Waals surface area contributed by atoms with Gasteiger partial charge in [-0.1, -0.05) is 6.58 Å². The second kappa shape index (κ2) is 3.57. The number of nitrogen functional groups attached to an aromatic ring is 1. The van der Waals surface area contributed by atoms with E-state index < -0.39 is 17.9 Å². The van der Waals surface area contributed by atoms with Crippen LogP contribution in [0, 0.1) is 0 Å². The topological polar surface area (TPSA) is 119 Å². The molecule has 0 bridgehead atoms. The second-order valence-electron chi connectivity index (χ2n) is 4.07. The van der Waals surface area contributed by atoms with E-state index in [2.05, 4.69) is 21.5 Å². The van der Waals surface area contributed by atoms with Gasteiger partial charge in [-0.3, -0.25) is 14.3 Å². The largest absolute Gasteiger partial charge is 0.472 e. The zero-order chi connectivity index (χ0) is 12.9. The molecule has 0 amide bonds. The Bertz CT molecular complexity index is 688. The molecular formula is C10H11N5O3. The molecule has 0 spiro atoms. The van der Waals surface area contributed by atoms with E-state index in [1.165, 1.54) is 6.33 Å². The Balaban J connectivity index is 2.14. The molecule has 0 radical (unpaired) electrons. The first-order valence-corrected chi connectivity index (χ1v) is 5.32. The predicted octanol–water partition coefficient (Wildman–Crippen LogP) is -0.505. The van der Waals surface area contributed by atoms with Crippen LogP contribution in [0.15, 0.2) is 23.5 Å². The molecule has 1 fully saturated rings. The first-order chi connectivity index (χ1) is 8.56. The molecule has 0 saturated carbocycles. The predicted molar refractivity (Wildman–Crippen MR) is 62.4 cm³/mol. The third-order valence-corrected chi connectivity index (χ3v) is 2.84. The summed E-state index contributed by atoms with van der Waals surface area (Å²) in [6.07, 6.45) is 0.555. The lowest BCUT2D eigenvalue weighted by Crippen LogP contribution is -2.14. The summed E-state index contributed by atoms with van der Waals surface area (Å²) in [5.74, 6) is 0.297. The number of anilines is 1. The number of aliphatic hydroxyl groups excluding tert-OH is 1. The number of fused-ring (bicyclic) bond motifs is 1. The van der Waals surface area contributed by atoms with Crippen LogP contribution < -0.4 is 11.3 Å². The Kier molecular flexibility index (Phi) is 2.14. The van der Waals surface area contributed by atoms with Gasteiger partial charge in [0.25, 0.3) is 5.56 Å². The van der Waals surface area contributed by atoms with Gasteiger partial charge in [-0.05, 0) is 0 Å². The lowest BCUT2D eigenvalue weighted by molar-refractivity contribution is 0.101. The van der Waals surface area contributed by atoms with Gasteiger partial charge in [-0.15, -0.1) is 0 Å². The van der Waals surface area contributed by atoms with E-state index in [9.17, 15) is 9.90 Å². The molecule has 1 aliphatic heterocycles. The van der Waals surface area contributed by atoms with Crippen molar-refractivity contribution in [2.75, 3.05) is 5.73 Å². The number of hydrogen-bond donors (Lipinski definition) is 3. The summed E-state index contributed by atoms with van der Waals surface area (Å²) in [5.41, 5.74) is 5.58. The van der Waals surface area contributed by atoms with Crippen molar-refractivity contribution in [3.05, 3.63) is 29.0 Å². The van der Waals surface area contributed by atoms with E-state index in [4.69, 9.17) is 10.5 Å². The highest BCUT2D eigenvalue weighted by Crippen LogP contribution is 2.31. The van der Waals surface area contributed by atoms with Crippen LogP contribution in [0.3, 0.4) is 0 Å². The minimum absolute atomic E-state index is 0.00613. The summed E-state index contributed by atoms with van der Waals surface area (Å²) < 4.78 is 6.95. The van der Waals surface area contributed by atoms with E-state index in [0.29, 0.717) is 17.8 Å². The lowest BCUT2D eigenvalue weighted by Gasteiger charge is -2.11. The van der Waals surface area contributed by atoms with E-state index in [1.807, 2.05) is 0 Å². The number of nitrogens with one attached hydrogen (secondary N) is 1. The van der Waals surface area contributed by atoms with Gasteiger partial charge in [0.15, 0.2) is 17.4 Å². The third-order valence-electron chi connectivity index (χ3n) is 2.84. The van der Waals surface area contributed by atoms with E-state index in [0.717, 1.165) is 0 Å². The van der Waals surface area contributed by atoms with Gasteiger partial charge in [0.1, 0.15) is 18.2 Å². The lowest BCUT2D eigenvalue weighted by atomic mass is 10.2. The highest BCUT2D eigenvalue weighted by Gasteiger charge is 2.30. The summed E-state index contributed by atoms with van der Waals surface area (Å²) >= 11 is 0. The summed E-state index contributed by atoms with van der Waals surface area (Å²) in [6.45, 7) is 3.59. The van der Waals surface area contributed by atoms with Crippen LogP contribution in [0.2, 0.25) is 0 Å². The van der Waals surface area contributed by atoms with Crippen LogP contribution >= 0.6 is 0 Å². The number of aliphatic hydroxyl groups is 1. The van der Waals surface area contributed by atoms with Crippen LogP contribution in [0.25, 0.3) is 11.2 Å². The van der Waals surface area contributed by atoms with Crippen molar-refractivity contribution in [3.63, 3.8) is 0 Å². The number of nitrogens with zero attached hydrogens (tertiary/aromatic N) is 3. The number of H-pyrrole nitrogens is 1. The highest BCUT2D eigenvalue weighted by atomic mass is 16.5. The Morgan fingerprint density at radius 3 is 3.11 bits per heavy atom. The fourth-order valence-corrected chi connectivity index (χ4v) is 1.95. The van der Waals surface area contributed by atoms with Crippen LogP contribution in [0.5, 0.6) is 0 Å². The van der Waals surface area contributed by atoms with Crippen molar-refractivity contribution < 1.29 is 9.84 Å². The summed E-state index contributed by atoms with van der Waals surface area (Å²) in [5, 5.41) is 9.58. The summed E-state index contributed by atoms with van der Waals surface area (Å²) in [4.78, 5) is 21.9. The van der Waals surface area contributed by atoms with Gasteiger partial charge in [0, 0.05) is 6.42 Å². The average molecular weight is 249 g/mol. The SMILES string of the molecule is C=C1O[C@@H](n2cnc3c(=O)[nH]c(N)nc32)CC1O. The molecule has 18 heavy (non-hydrogen) atoms. The molecule has 0 aromatic carbocycles. The van der Waals surface area contributed by atoms with Crippen LogP contribution in [0.1, 0.15) is 12.6 Å². The van der Waals surface area contributed by atoms with Crippen molar-refractivity contribution in [1.29, 1.82) is 0 Å². The zero-order valence-corrected chi connectivity index (χ0v) is 9.33. The fourth-order valence-electron chi connectivity index (χ4n) is 1.95. The minimum atomic E-state index is -0.730. The Morgan fingerprint density at radius 2 is 2.44 bits per heavy atom. The zero-order valence-electron chi connectivity index (χ0n) is 9.33. The molecule has 2 aromatic rings. The molecule has 2 atom stereocenters. The quantitative estimate of drug-likeness (QED) is 0.626. The number of ether oxygens (including phenoxy) is 1. The van der Waals surface area contributed by atoms with Gasteiger partial charge in [0.05, 0.1) is 0 Å². The van der Waals surface area contributed by atoms with Crippen LogP contribution in [-0.2, 0) is 4.74 Å². The number of imidazole rings is 1.